The van der Waals surface area contributed by atoms with Crippen molar-refractivity contribution >= 4 is 0 Å². The molecule has 1 aliphatic rings. The van der Waals surface area contributed by atoms with Crippen molar-refractivity contribution in [2.45, 2.75) is 30.9 Å². The molecule has 0 spiro atoms. The highest BCUT2D eigenvalue weighted by Crippen LogP contribution is 2.12. The maximum Gasteiger partial charge on any atom is 0.133 e. The van der Waals surface area contributed by atoms with E-state index in [4.69, 9.17) is 20.4 Å². The van der Waals surface area contributed by atoms with Gasteiger partial charge in [0.2, 0.25) is 0 Å². The van der Waals surface area contributed by atoms with Crippen LogP contribution in [-0.4, -0.2) is 51.5 Å². The van der Waals surface area contributed by atoms with Crippen molar-refractivity contribution in [3.8, 4) is 0 Å². The van der Waals surface area contributed by atoms with Crippen LogP contribution in [-0.2, 0) is 0 Å². The summed E-state index contributed by atoms with van der Waals surface area (Å²) in [5, 5.41) is 38.3. The summed E-state index contributed by atoms with van der Waals surface area (Å²) < 4.78 is 0. The molecule has 0 saturated carbocycles. The quantitative estimate of drug-likeness (QED) is 0.292. The molecule has 0 bridgehead atoms. The first-order valence-electron chi connectivity index (χ1n) is 3.56. The van der Waals surface area contributed by atoms with Crippen molar-refractivity contribution in [1.82, 2.24) is 5.32 Å². The first kappa shape index (κ1) is 8.89. The van der Waals surface area contributed by atoms with Crippen LogP contribution in [0.3, 0.4) is 0 Å². The molecule has 66 valence electrons. The van der Waals surface area contributed by atoms with Gasteiger partial charge in [-0.15, -0.1) is 0 Å². The van der Waals surface area contributed by atoms with Crippen molar-refractivity contribution in [2.75, 3.05) is 6.61 Å². The Hall–Kier alpha value is -0.200. The average Bonchev–Trinajstić information content (AvgIpc) is 1.99. The van der Waals surface area contributed by atoms with E-state index in [0.717, 1.165) is 0 Å². The molecule has 4 atom stereocenters. The Morgan fingerprint density at radius 3 is 2.36 bits per heavy atom. The summed E-state index contributed by atoms with van der Waals surface area (Å²) in [5.74, 6) is 0. The molecule has 0 aromatic carbocycles. The molecule has 1 saturated heterocycles. The molecule has 1 aliphatic heterocycles. The van der Waals surface area contributed by atoms with Crippen LogP contribution in [0.25, 0.3) is 0 Å². The predicted molar refractivity (Wildman–Crippen MR) is 36.6 cm³/mol. The van der Waals surface area contributed by atoms with Gasteiger partial charge in [0.25, 0.3) is 0 Å². The highest BCUT2D eigenvalue weighted by molar-refractivity contribution is 4.86. The smallest absolute Gasteiger partial charge is 0.133 e. The first-order chi connectivity index (χ1) is 5.15. The number of hydrogen-bond acceptors (Lipinski definition) is 5. The van der Waals surface area contributed by atoms with Crippen LogP contribution >= 0.6 is 0 Å². The average molecular weight is 163 g/mol. The van der Waals surface area contributed by atoms with Crippen molar-refractivity contribution in [2.24, 2.45) is 0 Å². The summed E-state index contributed by atoms with van der Waals surface area (Å²) in [5.41, 5.74) is 0. The minimum atomic E-state index is -1.15. The van der Waals surface area contributed by atoms with E-state index in [-0.39, 0.29) is 19.1 Å². The number of hydrogen-bond donors (Lipinski definition) is 5. The van der Waals surface area contributed by atoms with E-state index in [1.54, 1.807) is 0 Å². The van der Waals surface area contributed by atoms with Crippen LogP contribution in [0.4, 0.5) is 0 Å². The van der Waals surface area contributed by atoms with E-state index < -0.39 is 18.4 Å². The largest absolute Gasteiger partial charge is 0.395 e. The van der Waals surface area contributed by atoms with Gasteiger partial charge in [-0.1, -0.05) is 0 Å². The van der Waals surface area contributed by atoms with E-state index in [0.29, 0.717) is 0 Å². The lowest BCUT2D eigenvalue weighted by Gasteiger charge is -2.34. The fourth-order valence-electron chi connectivity index (χ4n) is 1.18. The van der Waals surface area contributed by atoms with Gasteiger partial charge in [0.1, 0.15) is 12.3 Å². The van der Waals surface area contributed by atoms with Gasteiger partial charge in [-0.2, -0.15) is 0 Å². The molecule has 1 unspecified atom stereocenters. The molecular formula is C6H13NO4. The second-order valence-electron chi connectivity index (χ2n) is 2.78. The highest BCUT2D eigenvalue weighted by Gasteiger charge is 2.33. The maximum atomic E-state index is 9.09. The molecule has 1 rings (SSSR count). The molecule has 0 amide bonds. The molecule has 11 heavy (non-hydrogen) atoms. The molecule has 1 heterocycles. The minimum absolute atomic E-state index is 0.152. The fraction of sp³-hybridized carbons (Fsp3) is 1.00. The van der Waals surface area contributed by atoms with Crippen LogP contribution in [0.1, 0.15) is 6.42 Å². The Bertz CT molecular complexity index is 120. The van der Waals surface area contributed by atoms with Gasteiger partial charge in [0, 0.05) is 6.04 Å². The molecule has 0 aromatic heterocycles. The molecule has 5 heteroatoms. The van der Waals surface area contributed by atoms with E-state index in [1.165, 1.54) is 0 Å². The van der Waals surface area contributed by atoms with Crippen molar-refractivity contribution in [3.63, 3.8) is 0 Å². The molecule has 5 N–H and O–H groups in total. The van der Waals surface area contributed by atoms with Crippen LogP contribution in [0, 0.1) is 0 Å². The Morgan fingerprint density at radius 2 is 1.91 bits per heavy atom. The highest BCUT2D eigenvalue weighted by atomic mass is 16.4. The number of nitrogens with one attached hydrogen (secondary N) is 1. The second kappa shape index (κ2) is 3.46. The standard InChI is InChI=1S/C6H13NO4/c8-2-3-1-4(9)5(10)6(11)7-3/h3-11H,1-2H2/t3-,4-,5+,6?/m0/s1. The molecule has 0 radical (unpaired) electrons. The Balaban J connectivity index is 2.47. The molecule has 0 aromatic rings. The summed E-state index contributed by atoms with van der Waals surface area (Å²) in [6.07, 6.45) is -2.99. The summed E-state index contributed by atoms with van der Waals surface area (Å²) in [4.78, 5) is 0. The Kier molecular flexibility index (Phi) is 2.80. The predicted octanol–water partition coefficient (Wildman–Crippen LogP) is -2.62. The van der Waals surface area contributed by atoms with Gasteiger partial charge < -0.3 is 20.4 Å². The summed E-state index contributed by atoms with van der Waals surface area (Å²) >= 11 is 0. The van der Waals surface area contributed by atoms with E-state index in [2.05, 4.69) is 5.32 Å². The van der Waals surface area contributed by atoms with E-state index in [9.17, 15) is 0 Å². The first-order valence-corrected chi connectivity index (χ1v) is 3.56. The van der Waals surface area contributed by atoms with Gasteiger partial charge in [-0.3, -0.25) is 5.32 Å². The Labute approximate surface area is 64.3 Å². The third kappa shape index (κ3) is 1.88. The van der Waals surface area contributed by atoms with Gasteiger partial charge in [-0.25, -0.2) is 0 Å². The topological polar surface area (TPSA) is 93.0 Å². The van der Waals surface area contributed by atoms with E-state index in [1.807, 2.05) is 0 Å². The zero-order chi connectivity index (χ0) is 8.43. The van der Waals surface area contributed by atoms with Gasteiger partial charge in [0.05, 0.1) is 12.7 Å². The zero-order valence-electron chi connectivity index (χ0n) is 6.01. The van der Waals surface area contributed by atoms with Crippen molar-refractivity contribution < 1.29 is 20.4 Å². The zero-order valence-corrected chi connectivity index (χ0v) is 6.01. The SMILES string of the molecule is OC[C@@H]1C[C@H](O)[C@@H](O)C(O)N1. The molecule has 5 nitrogen and oxygen atoms in total. The van der Waals surface area contributed by atoms with Crippen molar-refractivity contribution in [3.05, 3.63) is 0 Å². The lowest BCUT2D eigenvalue weighted by molar-refractivity contribution is -0.109. The summed E-state index contributed by atoms with van der Waals surface area (Å²) in [7, 11) is 0. The second-order valence-corrected chi connectivity index (χ2v) is 2.78. The van der Waals surface area contributed by atoms with Gasteiger partial charge >= 0.3 is 0 Å². The fourth-order valence-corrected chi connectivity index (χ4v) is 1.18. The Morgan fingerprint density at radius 1 is 1.27 bits per heavy atom. The lowest BCUT2D eigenvalue weighted by Crippen LogP contribution is -2.57. The van der Waals surface area contributed by atoms with E-state index >= 15 is 0 Å². The molecule has 0 aliphatic carbocycles. The maximum absolute atomic E-state index is 9.09. The van der Waals surface area contributed by atoms with Gasteiger partial charge in [0.15, 0.2) is 0 Å². The third-order valence-electron chi connectivity index (χ3n) is 1.87. The van der Waals surface area contributed by atoms with Crippen LogP contribution in [0.5, 0.6) is 0 Å². The monoisotopic (exact) mass is 163 g/mol. The van der Waals surface area contributed by atoms with Crippen LogP contribution < -0.4 is 5.32 Å². The third-order valence-corrected chi connectivity index (χ3v) is 1.87. The number of piperidine rings is 1. The number of aliphatic hydroxyl groups excluding tert-OH is 4. The lowest BCUT2D eigenvalue weighted by atomic mass is 9.99. The normalized spacial score (nSPS) is 45.8. The minimum Gasteiger partial charge on any atom is -0.395 e. The van der Waals surface area contributed by atoms with Crippen LogP contribution in [0.15, 0.2) is 0 Å². The van der Waals surface area contributed by atoms with Gasteiger partial charge in [-0.05, 0) is 6.42 Å². The molecular weight excluding hydrogens is 150 g/mol. The van der Waals surface area contributed by atoms with Crippen molar-refractivity contribution in [1.29, 1.82) is 0 Å². The number of rotatable bonds is 1. The number of aliphatic hydroxyl groups is 4. The molecule has 1 fully saturated rings. The summed E-state index contributed by atoms with van der Waals surface area (Å²) in [6, 6.07) is -0.330. The summed E-state index contributed by atoms with van der Waals surface area (Å²) in [6.45, 7) is -0.152. The van der Waals surface area contributed by atoms with Crippen LogP contribution in [0.2, 0.25) is 0 Å².